The van der Waals surface area contributed by atoms with Crippen LogP contribution in [0.5, 0.6) is 0 Å². The topological polar surface area (TPSA) is 0 Å². The summed E-state index contributed by atoms with van der Waals surface area (Å²) in [6, 6.07) is 0. The van der Waals surface area contributed by atoms with Crippen LogP contribution in [0.25, 0.3) is 0 Å². The van der Waals surface area contributed by atoms with Crippen molar-refractivity contribution in [3.8, 4) is 10.1 Å². The fourth-order valence-electron chi connectivity index (χ4n) is 0.265. The molecule has 0 bridgehead atoms. The summed E-state index contributed by atoms with van der Waals surface area (Å²) in [4.78, 5) is 0. The number of hydrogen-bond donors (Lipinski definition) is 0. The first-order valence-electron chi connectivity index (χ1n) is 2.35. The Morgan fingerprint density at radius 3 is 1.71 bits per heavy atom. The van der Waals surface area contributed by atoms with E-state index in [0.29, 0.717) is 0 Å². The zero-order valence-corrected chi connectivity index (χ0v) is 9.17. The van der Waals surface area contributed by atoms with Crippen molar-refractivity contribution in [3.63, 3.8) is 0 Å². The molecule has 0 saturated heterocycles. The predicted molar refractivity (Wildman–Crippen MR) is 31.1 cm³/mol. The third kappa shape index (κ3) is 6.40. The standard InChI is InChI=1S/C5H9Si.Zn/c1-5-6(2,3)4;/h2-4H3;. The van der Waals surface area contributed by atoms with Crippen molar-refractivity contribution in [2.75, 3.05) is 0 Å². The molecule has 0 amide bonds. The zero-order valence-electron chi connectivity index (χ0n) is 5.21. The summed E-state index contributed by atoms with van der Waals surface area (Å²) in [5.74, 6) is 0. The van der Waals surface area contributed by atoms with Gasteiger partial charge in [-0.05, 0) is 0 Å². The van der Waals surface area contributed by atoms with E-state index in [1.54, 1.807) is 0 Å². The van der Waals surface area contributed by atoms with E-state index in [2.05, 4.69) is 29.7 Å². The molecule has 0 radical (unpaired) electrons. The molecule has 7 heavy (non-hydrogen) atoms. The average molecular weight is 163 g/mol. The van der Waals surface area contributed by atoms with Crippen LogP contribution in [0.3, 0.4) is 0 Å². The van der Waals surface area contributed by atoms with Gasteiger partial charge in [0, 0.05) is 0 Å². The van der Waals surface area contributed by atoms with E-state index in [-0.39, 0.29) is 0 Å². The molecule has 0 aromatic heterocycles. The van der Waals surface area contributed by atoms with Gasteiger partial charge >= 0.3 is 56.1 Å². The summed E-state index contributed by atoms with van der Waals surface area (Å²) in [7, 11) is -0.987. The van der Waals surface area contributed by atoms with Crippen LogP contribution in [-0.4, -0.2) is 8.07 Å². The number of rotatable bonds is 0. The van der Waals surface area contributed by atoms with Crippen molar-refractivity contribution in [2.45, 2.75) is 19.6 Å². The van der Waals surface area contributed by atoms with Crippen LogP contribution in [0.15, 0.2) is 0 Å². The van der Waals surface area contributed by atoms with Crippen molar-refractivity contribution < 1.29 is 18.3 Å². The Morgan fingerprint density at radius 2 is 1.71 bits per heavy atom. The Bertz CT molecular complexity index is 101. The minimum atomic E-state index is -0.987. The van der Waals surface area contributed by atoms with Crippen molar-refractivity contribution >= 4 is 8.07 Å². The third-order valence-corrected chi connectivity index (χ3v) is 2.50. The van der Waals surface area contributed by atoms with Crippen LogP contribution in [0.4, 0.5) is 0 Å². The molecular formula is C5H9SiZn. The van der Waals surface area contributed by atoms with Crippen LogP contribution < -0.4 is 0 Å². The van der Waals surface area contributed by atoms with Gasteiger partial charge in [-0.2, -0.15) is 0 Å². The van der Waals surface area contributed by atoms with Gasteiger partial charge in [-0.1, -0.05) is 0 Å². The summed E-state index contributed by atoms with van der Waals surface area (Å²) in [5, 5.41) is 0. The predicted octanol–water partition coefficient (Wildman–Crippen LogP) is 1.37. The van der Waals surface area contributed by atoms with E-state index in [4.69, 9.17) is 0 Å². The SMILES string of the molecule is C[Si](C)(C)C#[C][Zn]. The molecule has 35 valence electrons. The van der Waals surface area contributed by atoms with E-state index in [9.17, 15) is 0 Å². The van der Waals surface area contributed by atoms with Crippen LogP contribution in [0, 0.1) is 10.1 Å². The van der Waals surface area contributed by atoms with Gasteiger partial charge < -0.3 is 0 Å². The molecule has 0 spiro atoms. The molecule has 0 nitrogen and oxygen atoms in total. The van der Waals surface area contributed by atoms with Gasteiger partial charge in [0.15, 0.2) is 0 Å². The molecule has 0 N–H and O–H groups in total. The molecule has 0 aliphatic carbocycles. The van der Waals surface area contributed by atoms with E-state index in [0.717, 1.165) is 18.3 Å². The van der Waals surface area contributed by atoms with E-state index in [1.807, 2.05) is 0 Å². The van der Waals surface area contributed by atoms with E-state index >= 15 is 0 Å². The van der Waals surface area contributed by atoms with Crippen molar-refractivity contribution in [1.82, 2.24) is 0 Å². The number of hydrogen-bond acceptors (Lipinski definition) is 0. The van der Waals surface area contributed by atoms with Crippen molar-refractivity contribution in [1.29, 1.82) is 0 Å². The Morgan fingerprint density at radius 1 is 1.29 bits per heavy atom. The maximum atomic E-state index is 3.23. The summed E-state index contributed by atoms with van der Waals surface area (Å²) in [5.41, 5.74) is 3.23. The molecule has 0 aliphatic rings. The van der Waals surface area contributed by atoms with Crippen LogP contribution in [0.1, 0.15) is 0 Å². The molecule has 0 heterocycles. The Kier molecular flexibility index (Phi) is 2.80. The van der Waals surface area contributed by atoms with E-state index in [1.165, 1.54) is 0 Å². The summed E-state index contributed by atoms with van der Waals surface area (Å²) < 4.78 is 3.04. The third-order valence-electron chi connectivity index (χ3n) is 0.463. The van der Waals surface area contributed by atoms with Gasteiger partial charge in [-0.15, -0.1) is 0 Å². The first-order chi connectivity index (χ1) is 3.06. The molecule has 0 aromatic carbocycles. The molecule has 2 heteroatoms. The fourth-order valence-corrected chi connectivity index (χ4v) is 4.13. The van der Waals surface area contributed by atoms with Crippen molar-refractivity contribution in [3.05, 3.63) is 0 Å². The first kappa shape index (κ1) is 7.40. The molecule has 0 saturated carbocycles. The van der Waals surface area contributed by atoms with Gasteiger partial charge in [-0.3, -0.25) is 0 Å². The van der Waals surface area contributed by atoms with Gasteiger partial charge in [-0.25, -0.2) is 0 Å². The second-order valence-corrected chi connectivity index (χ2v) is 8.04. The Labute approximate surface area is 56.4 Å². The molecular weight excluding hydrogens is 154 g/mol. The Balaban J connectivity index is 3.72. The molecule has 0 atom stereocenters. The zero-order chi connectivity index (χ0) is 5.91. The van der Waals surface area contributed by atoms with Crippen LogP contribution in [-0.2, 0) is 18.3 Å². The summed E-state index contributed by atoms with van der Waals surface area (Å²) in [6.07, 6.45) is 0. The summed E-state index contributed by atoms with van der Waals surface area (Å²) >= 11 is 1.13. The quantitative estimate of drug-likeness (QED) is 0.373. The van der Waals surface area contributed by atoms with Gasteiger partial charge in [0.05, 0.1) is 0 Å². The van der Waals surface area contributed by atoms with Crippen LogP contribution in [0.2, 0.25) is 19.6 Å². The monoisotopic (exact) mass is 161 g/mol. The van der Waals surface area contributed by atoms with Gasteiger partial charge in [0.2, 0.25) is 0 Å². The molecule has 0 rings (SSSR count). The molecule has 0 aromatic rings. The Hall–Kier alpha value is 0.400. The fraction of sp³-hybridized carbons (Fsp3) is 0.600. The molecule has 0 aliphatic heterocycles. The van der Waals surface area contributed by atoms with Gasteiger partial charge in [0.1, 0.15) is 0 Å². The minimum absolute atomic E-state index is 0.987. The second-order valence-electron chi connectivity index (χ2n) is 2.55. The first-order valence-corrected chi connectivity index (χ1v) is 7.34. The van der Waals surface area contributed by atoms with E-state index < -0.39 is 8.07 Å². The molecule has 0 unspecified atom stereocenters. The normalized spacial score (nSPS) is 9.86. The maximum absolute atomic E-state index is 3.23. The second kappa shape index (κ2) is 2.65. The van der Waals surface area contributed by atoms with Crippen molar-refractivity contribution in [2.24, 2.45) is 0 Å². The molecule has 0 fully saturated rings. The van der Waals surface area contributed by atoms with Crippen LogP contribution >= 0.6 is 0 Å². The summed E-state index contributed by atoms with van der Waals surface area (Å²) in [6.45, 7) is 6.78. The van der Waals surface area contributed by atoms with Gasteiger partial charge in [0.25, 0.3) is 0 Å². The average Bonchev–Trinajstić information content (AvgIpc) is 1.30.